The molecule has 1 amide bonds. The maximum atomic E-state index is 13.2. The van der Waals surface area contributed by atoms with E-state index in [9.17, 15) is 17.6 Å². The van der Waals surface area contributed by atoms with Gasteiger partial charge < -0.3 is 9.88 Å². The summed E-state index contributed by atoms with van der Waals surface area (Å²) in [7, 11) is -3.56. The second kappa shape index (κ2) is 9.23. The number of fused-ring (bicyclic) bond motifs is 3. The van der Waals surface area contributed by atoms with E-state index in [2.05, 4.69) is 28.9 Å². The van der Waals surface area contributed by atoms with Crippen LogP contribution in [-0.4, -0.2) is 31.7 Å². The molecule has 0 aliphatic rings. The fourth-order valence-electron chi connectivity index (χ4n) is 4.17. The minimum atomic E-state index is -3.56. The Hall–Kier alpha value is -3.39. The SMILES string of the molecule is CCn1c2ccccc2c2cc(NC(=O)CCCN(c3ccc(F)cc3)S(C)(=O)=O)ccc21. The zero-order chi connectivity index (χ0) is 23.6. The molecule has 4 rings (SSSR count). The third-order valence-corrected chi connectivity index (χ3v) is 6.85. The average Bonchev–Trinajstić information content (AvgIpc) is 3.10. The fourth-order valence-corrected chi connectivity index (χ4v) is 5.14. The molecule has 4 aromatic rings. The zero-order valence-electron chi connectivity index (χ0n) is 18.6. The van der Waals surface area contributed by atoms with Crippen LogP contribution in [0.5, 0.6) is 0 Å². The first-order chi connectivity index (χ1) is 15.8. The molecule has 172 valence electrons. The van der Waals surface area contributed by atoms with Crippen LogP contribution in [0.25, 0.3) is 21.8 Å². The standard InChI is InChI=1S/C25H26FN3O3S/c1-3-28-23-8-5-4-7-21(23)22-17-19(12-15-24(22)28)27-25(30)9-6-16-29(33(2,31)32)20-13-10-18(26)11-14-20/h4-5,7-8,10-15,17H,3,6,9,16H2,1-2H3,(H,27,30). The number of carbonyl (C=O) groups excluding carboxylic acids is 1. The van der Waals surface area contributed by atoms with E-state index in [1.54, 1.807) is 0 Å². The topological polar surface area (TPSA) is 71.4 Å². The van der Waals surface area contributed by atoms with E-state index >= 15 is 0 Å². The van der Waals surface area contributed by atoms with Crippen molar-refractivity contribution in [1.29, 1.82) is 0 Å². The van der Waals surface area contributed by atoms with Gasteiger partial charge in [0.05, 0.1) is 11.9 Å². The number of rotatable bonds is 8. The average molecular weight is 468 g/mol. The van der Waals surface area contributed by atoms with Crippen LogP contribution in [0, 0.1) is 5.82 Å². The number of para-hydroxylation sites is 1. The van der Waals surface area contributed by atoms with Crippen molar-refractivity contribution in [2.24, 2.45) is 0 Å². The first kappa shape index (κ1) is 22.8. The van der Waals surface area contributed by atoms with Crippen molar-refractivity contribution in [3.63, 3.8) is 0 Å². The van der Waals surface area contributed by atoms with Crippen molar-refractivity contribution in [3.05, 3.63) is 72.5 Å². The molecule has 0 radical (unpaired) electrons. The van der Waals surface area contributed by atoms with Gasteiger partial charge in [0, 0.05) is 47.0 Å². The molecule has 0 fully saturated rings. The van der Waals surface area contributed by atoms with E-state index in [-0.39, 0.29) is 18.9 Å². The quantitative estimate of drug-likeness (QED) is 0.390. The molecule has 0 aliphatic heterocycles. The van der Waals surface area contributed by atoms with Gasteiger partial charge in [-0.3, -0.25) is 9.10 Å². The number of nitrogens with one attached hydrogen (secondary N) is 1. The number of hydrogen-bond acceptors (Lipinski definition) is 3. The number of carbonyl (C=O) groups is 1. The molecule has 1 aromatic heterocycles. The number of benzene rings is 3. The van der Waals surface area contributed by atoms with Gasteiger partial charge >= 0.3 is 0 Å². The highest BCUT2D eigenvalue weighted by Gasteiger charge is 2.18. The van der Waals surface area contributed by atoms with Crippen LogP contribution in [0.1, 0.15) is 19.8 Å². The summed E-state index contributed by atoms with van der Waals surface area (Å²) in [6, 6.07) is 19.3. The van der Waals surface area contributed by atoms with E-state index < -0.39 is 15.8 Å². The first-order valence-electron chi connectivity index (χ1n) is 10.8. The van der Waals surface area contributed by atoms with Gasteiger partial charge in [0.1, 0.15) is 5.82 Å². The molecule has 1 N–H and O–H groups in total. The van der Waals surface area contributed by atoms with Crippen LogP contribution in [0.4, 0.5) is 15.8 Å². The molecule has 0 spiro atoms. The number of anilines is 2. The van der Waals surface area contributed by atoms with Crippen molar-refractivity contribution in [3.8, 4) is 0 Å². The van der Waals surface area contributed by atoms with Crippen LogP contribution in [0.2, 0.25) is 0 Å². The number of sulfonamides is 1. The van der Waals surface area contributed by atoms with E-state index in [0.29, 0.717) is 17.8 Å². The Balaban J connectivity index is 1.45. The zero-order valence-corrected chi connectivity index (χ0v) is 19.4. The summed E-state index contributed by atoms with van der Waals surface area (Å²) in [5.74, 6) is -0.633. The van der Waals surface area contributed by atoms with Gasteiger partial charge in [-0.05, 0) is 61.9 Å². The van der Waals surface area contributed by atoms with Crippen LogP contribution >= 0.6 is 0 Å². The molecule has 0 saturated carbocycles. The molecule has 33 heavy (non-hydrogen) atoms. The molecule has 8 heteroatoms. The highest BCUT2D eigenvalue weighted by molar-refractivity contribution is 7.92. The van der Waals surface area contributed by atoms with Gasteiger partial charge in [0.25, 0.3) is 0 Å². The number of aryl methyl sites for hydroxylation is 1. The lowest BCUT2D eigenvalue weighted by molar-refractivity contribution is -0.116. The van der Waals surface area contributed by atoms with Crippen molar-refractivity contribution in [1.82, 2.24) is 4.57 Å². The number of nitrogens with zero attached hydrogens (tertiary/aromatic N) is 2. The number of amides is 1. The van der Waals surface area contributed by atoms with Crippen molar-refractivity contribution < 1.29 is 17.6 Å². The second-order valence-electron chi connectivity index (χ2n) is 7.96. The highest BCUT2D eigenvalue weighted by atomic mass is 32.2. The Kier molecular flexibility index (Phi) is 6.37. The van der Waals surface area contributed by atoms with E-state index in [0.717, 1.165) is 34.6 Å². The Labute approximate surface area is 192 Å². The Morgan fingerprint density at radius 3 is 2.39 bits per heavy atom. The third kappa shape index (κ3) is 4.85. The molecular weight excluding hydrogens is 441 g/mol. The van der Waals surface area contributed by atoms with Crippen molar-refractivity contribution in [2.45, 2.75) is 26.3 Å². The van der Waals surface area contributed by atoms with Gasteiger partial charge in [0.2, 0.25) is 15.9 Å². The van der Waals surface area contributed by atoms with Gasteiger partial charge in [0.15, 0.2) is 0 Å². The molecule has 6 nitrogen and oxygen atoms in total. The summed E-state index contributed by atoms with van der Waals surface area (Å²) in [6.07, 6.45) is 1.58. The molecular formula is C25H26FN3O3S. The number of aromatic nitrogens is 1. The van der Waals surface area contributed by atoms with Crippen molar-refractivity contribution >= 4 is 49.1 Å². The maximum Gasteiger partial charge on any atom is 0.232 e. The normalized spacial score (nSPS) is 11.7. The van der Waals surface area contributed by atoms with Crippen LogP contribution < -0.4 is 9.62 Å². The summed E-state index contributed by atoms with van der Waals surface area (Å²) in [6.45, 7) is 3.08. The highest BCUT2D eigenvalue weighted by Crippen LogP contribution is 2.31. The molecule has 0 atom stereocenters. The van der Waals surface area contributed by atoms with E-state index in [1.165, 1.54) is 28.6 Å². The fraction of sp³-hybridized carbons (Fsp3) is 0.240. The monoisotopic (exact) mass is 467 g/mol. The Bertz CT molecular complexity index is 1410. The van der Waals surface area contributed by atoms with E-state index in [4.69, 9.17) is 0 Å². The van der Waals surface area contributed by atoms with E-state index in [1.807, 2.05) is 30.3 Å². The predicted octanol–water partition coefficient (Wildman–Crippen LogP) is 5.14. The Morgan fingerprint density at radius 2 is 1.70 bits per heavy atom. The first-order valence-corrected chi connectivity index (χ1v) is 12.7. The summed E-state index contributed by atoms with van der Waals surface area (Å²) >= 11 is 0. The summed E-state index contributed by atoms with van der Waals surface area (Å²) in [5, 5.41) is 5.13. The molecule has 0 saturated heterocycles. The molecule has 0 bridgehead atoms. The second-order valence-corrected chi connectivity index (χ2v) is 9.86. The lowest BCUT2D eigenvalue weighted by atomic mass is 10.1. The van der Waals surface area contributed by atoms with Gasteiger partial charge in [-0.15, -0.1) is 0 Å². The summed E-state index contributed by atoms with van der Waals surface area (Å²) in [4.78, 5) is 12.6. The lowest BCUT2D eigenvalue weighted by Crippen LogP contribution is -2.31. The molecule has 3 aromatic carbocycles. The van der Waals surface area contributed by atoms with Crippen LogP contribution in [0.15, 0.2) is 66.7 Å². The molecule has 0 unspecified atom stereocenters. The smallest absolute Gasteiger partial charge is 0.232 e. The number of hydrogen-bond donors (Lipinski definition) is 1. The predicted molar refractivity (Wildman–Crippen MR) is 132 cm³/mol. The molecule has 1 heterocycles. The maximum absolute atomic E-state index is 13.2. The van der Waals surface area contributed by atoms with Crippen molar-refractivity contribution in [2.75, 3.05) is 22.4 Å². The van der Waals surface area contributed by atoms with Crippen LogP contribution in [-0.2, 0) is 21.4 Å². The van der Waals surface area contributed by atoms with Gasteiger partial charge in [-0.1, -0.05) is 18.2 Å². The van der Waals surface area contributed by atoms with Gasteiger partial charge in [-0.2, -0.15) is 0 Å². The minimum absolute atomic E-state index is 0.126. The summed E-state index contributed by atoms with van der Waals surface area (Å²) < 4.78 is 41.0. The van der Waals surface area contributed by atoms with Crippen LogP contribution in [0.3, 0.4) is 0 Å². The molecule has 0 aliphatic carbocycles. The summed E-state index contributed by atoms with van der Waals surface area (Å²) in [5.41, 5.74) is 3.34. The number of halogens is 1. The third-order valence-electron chi connectivity index (χ3n) is 5.65. The lowest BCUT2D eigenvalue weighted by Gasteiger charge is -2.22. The Morgan fingerprint density at radius 1 is 1.00 bits per heavy atom. The largest absolute Gasteiger partial charge is 0.341 e. The van der Waals surface area contributed by atoms with Gasteiger partial charge in [-0.25, -0.2) is 12.8 Å². The minimum Gasteiger partial charge on any atom is -0.341 e.